The number of nitrogens with two attached hydrogens (primary N) is 1. The minimum absolute atomic E-state index is 0.119. The van der Waals surface area contributed by atoms with Gasteiger partial charge in [0.05, 0.1) is 0 Å². The van der Waals surface area contributed by atoms with Crippen molar-refractivity contribution in [2.45, 2.75) is 57.7 Å². The molecule has 0 amide bonds. The molecule has 4 nitrogen and oxygen atoms in total. The van der Waals surface area contributed by atoms with E-state index in [0.717, 1.165) is 37.8 Å². The van der Waals surface area contributed by atoms with Crippen molar-refractivity contribution in [1.29, 1.82) is 0 Å². The fraction of sp³-hybridized carbons (Fsp3) is 0.625. The van der Waals surface area contributed by atoms with Crippen molar-refractivity contribution in [2.24, 2.45) is 5.73 Å². The molecular weight excluding hydrogens is 252 g/mol. The van der Waals surface area contributed by atoms with Gasteiger partial charge in [0.25, 0.3) is 0 Å². The van der Waals surface area contributed by atoms with Crippen LogP contribution in [0.5, 0.6) is 11.5 Å². The Hall–Kier alpha value is -1.26. The molecule has 0 saturated heterocycles. The predicted octanol–water partition coefficient (Wildman–Crippen LogP) is 2.75. The van der Waals surface area contributed by atoms with Gasteiger partial charge in [0.15, 0.2) is 0 Å². The molecule has 1 atom stereocenters. The number of nitrogens with zero attached hydrogens (tertiary/aromatic N) is 1. The SMILES string of the molecule is CCN(C1CCC(N)CC1)C(C)c1cc(O)cc(O)c1. The van der Waals surface area contributed by atoms with Crippen molar-refractivity contribution in [3.8, 4) is 11.5 Å². The topological polar surface area (TPSA) is 69.7 Å². The van der Waals surface area contributed by atoms with E-state index < -0.39 is 0 Å². The Morgan fingerprint density at radius 1 is 1.15 bits per heavy atom. The predicted molar refractivity (Wildman–Crippen MR) is 80.8 cm³/mol. The van der Waals surface area contributed by atoms with Gasteiger partial charge in [0, 0.05) is 24.2 Å². The van der Waals surface area contributed by atoms with Crippen molar-refractivity contribution in [2.75, 3.05) is 6.54 Å². The molecular formula is C16H26N2O2. The molecule has 1 aromatic rings. The van der Waals surface area contributed by atoms with Gasteiger partial charge >= 0.3 is 0 Å². The van der Waals surface area contributed by atoms with Crippen molar-refractivity contribution in [1.82, 2.24) is 4.90 Å². The summed E-state index contributed by atoms with van der Waals surface area (Å²) in [6.07, 6.45) is 4.42. The number of hydrogen-bond acceptors (Lipinski definition) is 4. The van der Waals surface area contributed by atoms with Gasteiger partial charge in [-0.2, -0.15) is 0 Å². The number of phenols is 2. The van der Waals surface area contributed by atoms with E-state index in [0.29, 0.717) is 12.1 Å². The monoisotopic (exact) mass is 278 g/mol. The van der Waals surface area contributed by atoms with Crippen LogP contribution in [0.1, 0.15) is 51.1 Å². The molecule has 2 rings (SSSR count). The third-order valence-electron chi connectivity index (χ3n) is 4.48. The third kappa shape index (κ3) is 3.44. The zero-order chi connectivity index (χ0) is 14.7. The lowest BCUT2D eigenvalue weighted by Crippen LogP contribution is -2.42. The maximum Gasteiger partial charge on any atom is 0.119 e. The lowest BCUT2D eigenvalue weighted by molar-refractivity contribution is 0.114. The number of rotatable bonds is 4. The maximum atomic E-state index is 9.65. The quantitative estimate of drug-likeness (QED) is 0.792. The van der Waals surface area contributed by atoms with Gasteiger partial charge in [-0.1, -0.05) is 6.92 Å². The minimum Gasteiger partial charge on any atom is -0.508 e. The van der Waals surface area contributed by atoms with Crippen molar-refractivity contribution < 1.29 is 10.2 Å². The molecule has 1 aliphatic rings. The molecule has 20 heavy (non-hydrogen) atoms. The number of hydrogen-bond donors (Lipinski definition) is 3. The summed E-state index contributed by atoms with van der Waals surface area (Å²) >= 11 is 0. The Morgan fingerprint density at radius 2 is 1.70 bits per heavy atom. The molecule has 112 valence electrons. The van der Waals surface area contributed by atoms with E-state index in [9.17, 15) is 10.2 Å². The summed E-state index contributed by atoms with van der Waals surface area (Å²) in [5.74, 6) is 0.238. The molecule has 1 unspecified atom stereocenters. The second-order valence-corrected chi connectivity index (χ2v) is 5.86. The van der Waals surface area contributed by atoms with Crippen LogP contribution in [0.25, 0.3) is 0 Å². The second-order valence-electron chi connectivity index (χ2n) is 5.86. The molecule has 1 fully saturated rings. The van der Waals surface area contributed by atoms with E-state index >= 15 is 0 Å². The smallest absolute Gasteiger partial charge is 0.119 e. The van der Waals surface area contributed by atoms with Gasteiger partial charge in [-0.25, -0.2) is 0 Å². The lowest BCUT2D eigenvalue weighted by atomic mass is 9.89. The van der Waals surface area contributed by atoms with E-state index in [1.54, 1.807) is 12.1 Å². The van der Waals surface area contributed by atoms with Gasteiger partial charge in [-0.05, 0) is 56.8 Å². The van der Waals surface area contributed by atoms with Crippen LogP contribution in [0.15, 0.2) is 18.2 Å². The molecule has 0 aromatic heterocycles. The first kappa shape index (κ1) is 15.1. The van der Waals surface area contributed by atoms with Crippen molar-refractivity contribution in [3.63, 3.8) is 0 Å². The van der Waals surface area contributed by atoms with Crippen LogP contribution in [-0.4, -0.2) is 33.7 Å². The van der Waals surface area contributed by atoms with Gasteiger partial charge in [-0.15, -0.1) is 0 Å². The summed E-state index contributed by atoms with van der Waals surface area (Å²) in [6, 6.07) is 5.91. The van der Waals surface area contributed by atoms with Crippen LogP contribution in [-0.2, 0) is 0 Å². The van der Waals surface area contributed by atoms with E-state index in [1.165, 1.54) is 6.07 Å². The van der Waals surface area contributed by atoms with Crippen LogP contribution in [0.4, 0.5) is 0 Å². The van der Waals surface area contributed by atoms with Crippen LogP contribution in [0.2, 0.25) is 0 Å². The first-order valence-corrected chi connectivity index (χ1v) is 7.55. The number of benzene rings is 1. The highest BCUT2D eigenvalue weighted by Gasteiger charge is 2.27. The summed E-state index contributed by atoms with van der Waals surface area (Å²) < 4.78 is 0. The molecule has 1 aromatic carbocycles. The summed E-state index contributed by atoms with van der Waals surface area (Å²) in [6.45, 7) is 5.25. The maximum absolute atomic E-state index is 9.65. The zero-order valence-electron chi connectivity index (χ0n) is 12.4. The van der Waals surface area contributed by atoms with E-state index in [4.69, 9.17) is 5.73 Å². The lowest BCUT2D eigenvalue weighted by Gasteiger charge is -2.39. The molecule has 1 aliphatic carbocycles. The fourth-order valence-electron chi connectivity index (χ4n) is 3.33. The molecule has 4 heteroatoms. The highest BCUT2D eigenvalue weighted by Crippen LogP contribution is 2.32. The highest BCUT2D eigenvalue weighted by molar-refractivity contribution is 5.38. The minimum atomic E-state index is 0.119. The van der Waals surface area contributed by atoms with Gasteiger partial charge in [0.1, 0.15) is 11.5 Å². The third-order valence-corrected chi connectivity index (χ3v) is 4.48. The van der Waals surface area contributed by atoms with Gasteiger partial charge in [0.2, 0.25) is 0 Å². The number of phenolic OH excluding ortho intramolecular Hbond substituents is 2. The standard InChI is InChI=1S/C16H26N2O2/c1-3-18(14-6-4-13(17)5-7-14)11(2)12-8-15(19)10-16(20)9-12/h8-11,13-14,19-20H,3-7,17H2,1-2H3. The first-order chi connectivity index (χ1) is 9.51. The van der Waals surface area contributed by atoms with Crippen LogP contribution in [0.3, 0.4) is 0 Å². The summed E-state index contributed by atoms with van der Waals surface area (Å²) in [5, 5.41) is 19.3. The molecule has 0 spiro atoms. The normalized spacial score (nSPS) is 24.8. The molecule has 1 saturated carbocycles. The summed E-state index contributed by atoms with van der Waals surface area (Å²) in [5.41, 5.74) is 6.94. The Balaban J connectivity index is 2.13. The Bertz CT molecular complexity index is 422. The van der Waals surface area contributed by atoms with Crippen molar-refractivity contribution in [3.05, 3.63) is 23.8 Å². The van der Waals surface area contributed by atoms with Gasteiger partial charge in [-0.3, -0.25) is 4.90 Å². The molecule has 4 N–H and O–H groups in total. The summed E-state index contributed by atoms with van der Waals surface area (Å²) in [7, 11) is 0. The molecule has 0 aliphatic heterocycles. The molecule has 0 bridgehead atoms. The summed E-state index contributed by atoms with van der Waals surface area (Å²) in [4.78, 5) is 2.44. The van der Waals surface area contributed by atoms with Gasteiger partial charge < -0.3 is 15.9 Å². The number of aromatic hydroxyl groups is 2. The van der Waals surface area contributed by atoms with E-state index in [-0.39, 0.29) is 17.5 Å². The highest BCUT2D eigenvalue weighted by atomic mass is 16.3. The molecule has 0 heterocycles. The largest absolute Gasteiger partial charge is 0.508 e. The Labute approximate surface area is 121 Å². The molecule has 0 radical (unpaired) electrons. The fourth-order valence-corrected chi connectivity index (χ4v) is 3.33. The first-order valence-electron chi connectivity index (χ1n) is 7.55. The van der Waals surface area contributed by atoms with Crippen LogP contribution >= 0.6 is 0 Å². The Morgan fingerprint density at radius 3 is 2.20 bits per heavy atom. The van der Waals surface area contributed by atoms with Crippen LogP contribution in [0, 0.1) is 0 Å². The Kier molecular flexibility index (Phi) is 4.89. The average Bonchev–Trinajstić information content (AvgIpc) is 2.40. The van der Waals surface area contributed by atoms with Crippen LogP contribution < -0.4 is 5.73 Å². The zero-order valence-corrected chi connectivity index (χ0v) is 12.4. The van der Waals surface area contributed by atoms with E-state index in [1.807, 2.05) is 0 Å². The average molecular weight is 278 g/mol. The van der Waals surface area contributed by atoms with E-state index in [2.05, 4.69) is 18.7 Å². The van der Waals surface area contributed by atoms with Crippen molar-refractivity contribution >= 4 is 0 Å². The second kappa shape index (κ2) is 6.46.